The van der Waals surface area contributed by atoms with E-state index in [1.54, 1.807) is 4.90 Å². The lowest BCUT2D eigenvalue weighted by atomic mass is 10.1. The van der Waals surface area contributed by atoms with Crippen molar-refractivity contribution in [1.29, 1.82) is 0 Å². The smallest absolute Gasteiger partial charge is 0.410 e. The van der Waals surface area contributed by atoms with Crippen LogP contribution >= 0.6 is 0 Å². The number of benzene rings is 1. The van der Waals surface area contributed by atoms with Crippen LogP contribution in [0.15, 0.2) is 29.2 Å². The van der Waals surface area contributed by atoms with Crippen LogP contribution in [-0.4, -0.2) is 80.9 Å². The fourth-order valence-corrected chi connectivity index (χ4v) is 4.03. The van der Waals surface area contributed by atoms with Crippen molar-refractivity contribution in [2.45, 2.75) is 50.2 Å². The summed E-state index contributed by atoms with van der Waals surface area (Å²) < 4.78 is 30.9. The van der Waals surface area contributed by atoms with Gasteiger partial charge in [-0.25, -0.2) is 17.5 Å². The lowest BCUT2D eigenvalue weighted by molar-refractivity contribution is -0.121. The molecular weight excluding hydrogens is 436 g/mol. The second-order valence-corrected chi connectivity index (χ2v) is 11.0. The first kappa shape index (κ1) is 25.6. The fraction of sp³-hybridized carbons (Fsp3) is 0.571. The van der Waals surface area contributed by atoms with Crippen molar-refractivity contribution in [3.8, 4) is 0 Å². The maximum absolute atomic E-state index is 12.4. The van der Waals surface area contributed by atoms with E-state index in [4.69, 9.17) is 4.74 Å². The Morgan fingerprint density at radius 2 is 1.78 bits per heavy atom. The monoisotopic (exact) mass is 468 g/mol. The predicted molar refractivity (Wildman–Crippen MR) is 119 cm³/mol. The third-order valence-corrected chi connectivity index (χ3v) is 6.61. The van der Waals surface area contributed by atoms with Crippen LogP contribution in [0.3, 0.4) is 0 Å². The molecule has 32 heavy (non-hydrogen) atoms. The Kier molecular flexibility index (Phi) is 8.24. The van der Waals surface area contributed by atoms with E-state index in [2.05, 4.69) is 10.6 Å². The third-order valence-electron chi connectivity index (χ3n) is 4.80. The molecule has 2 rings (SSSR count). The lowest BCUT2D eigenvalue weighted by Crippen LogP contribution is -2.49. The Morgan fingerprint density at radius 1 is 1.16 bits per heavy atom. The Bertz CT molecular complexity index is 947. The van der Waals surface area contributed by atoms with Gasteiger partial charge in [0.05, 0.1) is 11.4 Å². The molecule has 178 valence electrons. The summed E-state index contributed by atoms with van der Waals surface area (Å²) in [5.74, 6) is -0.901. The SMILES string of the molecule is CN(C)S(=O)(=O)c1cccc(C(=O)NCC(=O)NC2CCN(C(=O)OC(C)(C)C)CC2)c1. The summed E-state index contributed by atoms with van der Waals surface area (Å²) >= 11 is 0. The number of hydrogen-bond acceptors (Lipinski definition) is 6. The highest BCUT2D eigenvalue weighted by Gasteiger charge is 2.27. The predicted octanol–water partition coefficient (Wildman–Crippen LogP) is 1.18. The molecule has 0 spiro atoms. The zero-order valence-corrected chi connectivity index (χ0v) is 20.0. The maximum Gasteiger partial charge on any atom is 0.410 e. The molecule has 10 nitrogen and oxygen atoms in total. The molecule has 1 aliphatic rings. The van der Waals surface area contributed by atoms with Crippen molar-refractivity contribution in [1.82, 2.24) is 19.8 Å². The van der Waals surface area contributed by atoms with Crippen molar-refractivity contribution < 1.29 is 27.5 Å². The molecule has 0 aliphatic carbocycles. The van der Waals surface area contributed by atoms with E-state index in [0.717, 1.165) is 4.31 Å². The van der Waals surface area contributed by atoms with Crippen LogP contribution < -0.4 is 10.6 Å². The number of ether oxygens (including phenoxy) is 1. The number of hydrogen-bond donors (Lipinski definition) is 2. The molecule has 1 aromatic rings. The average molecular weight is 469 g/mol. The van der Waals surface area contributed by atoms with Crippen LogP contribution in [0.25, 0.3) is 0 Å². The second kappa shape index (κ2) is 10.3. The Morgan fingerprint density at radius 3 is 2.34 bits per heavy atom. The largest absolute Gasteiger partial charge is 0.444 e. The van der Waals surface area contributed by atoms with Crippen molar-refractivity contribution in [3.05, 3.63) is 29.8 Å². The number of nitrogens with zero attached hydrogens (tertiary/aromatic N) is 2. The molecule has 0 bridgehead atoms. The van der Waals surface area contributed by atoms with Crippen LogP contribution in [0, 0.1) is 0 Å². The molecule has 0 radical (unpaired) electrons. The number of carbonyl (C=O) groups excluding carboxylic acids is 3. The van der Waals surface area contributed by atoms with Gasteiger partial charge in [0.2, 0.25) is 15.9 Å². The van der Waals surface area contributed by atoms with Crippen molar-refractivity contribution in [2.75, 3.05) is 33.7 Å². The first-order valence-electron chi connectivity index (χ1n) is 10.4. The zero-order chi connectivity index (χ0) is 24.1. The fourth-order valence-electron chi connectivity index (χ4n) is 3.08. The van der Waals surface area contributed by atoms with Crippen LogP contribution in [0.5, 0.6) is 0 Å². The number of rotatable bonds is 6. The van der Waals surface area contributed by atoms with Gasteiger partial charge in [-0.05, 0) is 51.8 Å². The van der Waals surface area contributed by atoms with Gasteiger partial charge in [-0.3, -0.25) is 9.59 Å². The van der Waals surface area contributed by atoms with E-state index in [0.29, 0.717) is 25.9 Å². The average Bonchev–Trinajstić information content (AvgIpc) is 2.71. The van der Waals surface area contributed by atoms with Gasteiger partial charge < -0.3 is 20.3 Å². The minimum atomic E-state index is -3.67. The van der Waals surface area contributed by atoms with Crippen LogP contribution in [-0.2, 0) is 19.6 Å². The standard InChI is InChI=1S/C21H32N4O6S/c1-21(2,3)31-20(28)25-11-9-16(10-12-25)23-18(26)14-22-19(27)15-7-6-8-17(13-15)32(29,30)24(4)5/h6-8,13,16H,9-12,14H2,1-5H3,(H,22,27)(H,23,26). The van der Waals surface area contributed by atoms with Gasteiger partial charge in [0, 0.05) is 38.8 Å². The van der Waals surface area contributed by atoms with Crippen LogP contribution in [0.4, 0.5) is 4.79 Å². The molecular formula is C21H32N4O6S. The highest BCUT2D eigenvalue weighted by molar-refractivity contribution is 7.89. The molecule has 0 unspecified atom stereocenters. The summed E-state index contributed by atoms with van der Waals surface area (Å²) in [4.78, 5) is 38.3. The number of likely N-dealkylation sites (tertiary alicyclic amines) is 1. The first-order valence-corrected chi connectivity index (χ1v) is 11.8. The summed E-state index contributed by atoms with van der Waals surface area (Å²) in [7, 11) is -0.853. The Hall–Kier alpha value is -2.66. The molecule has 1 saturated heterocycles. The molecule has 0 atom stereocenters. The maximum atomic E-state index is 12.4. The molecule has 1 aliphatic heterocycles. The van der Waals surface area contributed by atoms with Gasteiger partial charge in [0.25, 0.3) is 5.91 Å². The molecule has 0 saturated carbocycles. The summed E-state index contributed by atoms with van der Waals surface area (Å²) in [6.07, 6.45) is 0.806. The number of nitrogens with one attached hydrogen (secondary N) is 2. The Labute approximate surface area is 189 Å². The van der Waals surface area contributed by atoms with Crippen LogP contribution in [0.2, 0.25) is 0 Å². The third kappa shape index (κ3) is 7.20. The summed E-state index contributed by atoms with van der Waals surface area (Å²) in [5, 5.41) is 5.35. The van der Waals surface area contributed by atoms with E-state index in [-0.39, 0.29) is 35.0 Å². The highest BCUT2D eigenvalue weighted by Crippen LogP contribution is 2.16. The van der Waals surface area contributed by atoms with Gasteiger partial charge in [-0.1, -0.05) is 6.07 Å². The van der Waals surface area contributed by atoms with Gasteiger partial charge >= 0.3 is 6.09 Å². The van der Waals surface area contributed by atoms with Crippen molar-refractivity contribution >= 4 is 27.9 Å². The van der Waals surface area contributed by atoms with Gasteiger partial charge in [-0.15, -0.1) is 0 Å². The van der Waals surface area contributed by atoms with E-state index in [1.165, 1.54) is 38.4 Å². The molecule has 1 fully saturated rings. The minimum Gasteiger partial charge on any atom is -0.444 e. The molecule has 11 heteroatoms. The minimum absolute atomic E-state index is 0.00338. The zero-order valence-electron chi connectivity index (χ0n) is 19.2. The second-order valence-electron chi connectivity index (χ2n) is 8.81. The van der Waals surface area contributed by atoms with Crippen molar-refractivity contribution in [2.24, 2.45) is 0 Å². The quantitative estimate of drug-likeness (QED) is 0.646. The summed E-state index contributed by atoms with van der Waals surface area (Å²) in [6, 6.07) is 5.53. The number of sulfonamides is 1. The Balaban J connectivity index is 1.82. The van der Waals surface area contributed by atoms with Crippen molar-refractivity contribution in [3.63, 3.8) is 0 Å². The number of carbonyl (C=O) groups is 3. The normalized spacial score (nSPS) is 15.4. The molecule has 3 amide bonds. The molecule has 1 heterocycles. The molecule has 0 aromatic heterocycles. The van der Waals surface area contributed by atoms with Gasteiger partial charge in [0.1, 0.15) is 5.60 Å². The lowest BCUT2D eigenvalue weighted by Gasteiger charge is -2.33. The summed E-state index contributed by atoms with van der Waals surface area (Å²) in [6.45, 7) is 6.13. The molecule has 2 N–H and O–H groups in total. The van der Waals surface area contributed by atoms with E-state index in [1.807, 2.05) is 20.8 Å². The number of amides is 3. The van der Waals surface area contributed by atoms with Gasteiger partial charge in [0.15, 0.2) is 0 Å². The first-order chi connectivity index (χ1) is 14.8. The van der Waals surface area contributed by atoms with E-state index in [9.17, 15) is 22.8 Å². The topological polar surface area (TPSA) is 125 Å². The summed E-state index contributed by atoms with van der Waals surface area (Å²) in [5.41, 5.74) is -0.414. The highest BCUT2D eigenvalue weighted by atomic mass is 32.2. The number of piperidine rings is 1. The van der Waals surface area contributed by atoms with Crippen LogP contribution in [0.1, 0.15) is 44.0 Å². The molecule has 1 aromatic carbocycles. The van der Waals surface area contributed by atoms with E-state index < -0.39 is 21.5 Å². The van der Waals surface area contributed by atoms with Gasteiger partial charge in [-0.2, -0.15) is 0 Å². The van der Waals surface area contributed by atoms with E-state index >= 15 is 0 Å².